The zero-order valence-corrected chi connectivity index (χ0v) is 22.8. The molecular weight excluding hydrogens is 552 g/mol. The average molecular weight is 575 g/mol. The molecular formula is C29H23ClN4O5S. The SMILES string of the molecule is CC1=C(C(=O)OCc2ccccc2)[C@H](c2ccc(Cl)cc2)C(C#N)=C(SCC(=O)Nc2ccc([N+](=O)[O-])cc2)N1. The maximum Gasteiger partial charge on any atom is 0.337 e. The third-order valence-electron chi connectivity index (χ3n) is 5.99. The van der Waals surface area contributed by atoms with Gasteiger partial charge in [0.1, 0.15) is 6.61 Å². The molecule has 202 valence electrons. The molecule has 0 unspecified atom stereocenters. The summed E-state index contributed by atoms with van der Waals surface area (Å²) in [5.74, 6) is -1.74. The summed E-state index contributed by atoms with van der Waals surface area (Å²) in [4.78, 5) is 36.3. The van der Waals surface area contributed by atoms with Gasteiger partial charge in [0.2, 0.25) is 5.91 Å². The van der Waals surface area contributed by atoms with Crippen molar-refractivity contribution >= 4 is 46.6 Å². The van der Waals surface area contributed by atoms with E-state index in [4.69, 9.17) is 16.3 Å². The number of anilines is 1. The maximum atomic E-state index is 13.3. The number of nitrogens with zero attached hydrogens (tertiary/aromatic N) is 2. The molecule has 40 heavy (non-hydrogen) atoms. The summed E-state index contributed by atoms with van der Waals surface area (Å²) in [5.41, 5.74) is 2.85. The van der Waals surface area contributed by atoms with E-state index in [1.165, 1.54) is 24.3 Å². The summed E-state index contributed by atoms with van der Waals surface area (Å²) in [5, 5.41) is 27.8. The number of carbonyl (C=O) groups excluding carboxylic acids is 2. The highest BCUT2D eigenvalue weighted by Gasteiger charge is 2.35. The Morgan fingerprint density at radius 3 is 2.40 bits per heavy atom. The number of allylic oxidation sites excluding steroid dienone is 2. The van der Waals surface area contributed by atoms with E-state index in [9.17, 15) is 25.0 Å². The van der Waals surface area contributed by atoms with Crippen LogP contribution < -0.4 is 10.6 Å². The fourth-order valence-corrected chi connectivity index (χ4v) is 5.11. The number of nitro benzene ring substituents is 1. The van der Waals surface area contributed by atoms with Crippen molar-refractivity contribution in [3.8, 4) is 6.07 Å². The first-order chi connectivity index (χ1) is 19.3. The Labute approximate surface area is 239 Å². The molecule has 9 nitrogen and oxygen atoms in total. The Hall–Kier alpha value is -4.59. The lowest BCUT2D eigenvalue weighted by molar-refractivity contribution is -0.384. The summed E-state index contributed by atoms with van der Waals surface area (Å²) >= 11 is 7.20. The van der Waals surface area contributed by atoms with Crippen LogP contribution in [0.4, 0.5) is 11.4 Å². The Morgan fingerprint density at radius 1 is 1.10 bits per heavy atom. The van der Waals surface area contributed by atoms with E-state index in [1.807, 2.05) is 30.3 Å². The number of carbonyl (C=O) groups is 2. The van der Waals surface area contributed by atoms with Crippen molar-refractivity contribution in [1.82, 2.24) is 5.32 Å². The molecule has 1 aliphatic rings. The number of rotatable bonds is 9. The Morgan fingerprint density at radius 2 is 1.77 bits per heavy atom. The van der Waals surface area contributed by atoms with Gasteiger partial charge >= 0.3 is 5.97 Å². The summed E-state index contributed by atoms with van der Waals surface area (Å²) < 4.78 is 5.62. The zero-order chi connectivity index (χ0) is 28.6. The van der Waals surface area contributed by atoms with E-state index >= 15 is 0 Å². The van der Waals surface area contributed by atoms with Gasteiger partial charge in [-0.25, -0.2) is 4.79 Å². The quantitative estimate of drug-likeness (QED) is 0.179. The first-order valence-electron chi connectivity index (χ1n) is 12.0. The number of non-ortho nitro benzene ring substituents is 1. The van der Waals surface area contributed by atoms with Crippen molar-refractivity contribution in [2.24, 2.45) is 0 Å². The highest BCUT2D eigenvalue weighted by atomic mass is 35.5. The van der Waals surface area contributed by atoms with Gasteiger partial charge in [-0.15, -0.1) is 0 Å². The van der Waals surface area contributed by atoms with Crippen LogP contribution in [0.2, 0.25) is 5.02 Å². The second-order valence-electron chi connectivity index (χ2n) is 8.71. The number of thioether (sulfide) groups is 1. The lowest BCUT2D eigenvalue weighted by atomic mass is 9.82. The van der Waals surface area contributed by atoms with Gasteiger partial charge in [-0.1, -0.05) is 65.8 Å². The fraction of sp³-hybridized carbons (Fsp3) is 0.138. The summed E-state index contributed by atoms with van der Waals surface area (Å²) in [6, 6.07) is 23.8. The van der Waals surface area contributed by atoms with Crippen molar-refractivity contribution in [2.45, 2.75) is 19.4 Å². The van der Waals surface area contributed by atoms with Crippen molar-refractivity contribution < 1.29 is 19.2 Å². The molecule has 1 amide bonds. The normalized spacial score (nSPS) is 14.7. The molecule has 2 N–H and O–H groups in total. The molecule has 0 radical (unpaired) electrons. The van der Waals surface area contributed by atoms with E-state index in [1.54, 1.807) is 31.2 Å². The standard InChI is InChI=1S/C29H23ClN4O5S/c1-18-26(29(36)39-16-19-5-3-2-4-6-19)27(20-7-9-21(30)10-8-20)24(15-31)28(32-18)40-17-25(35)33-22-11-13-23(14-12-22)34(37)38/h2-14,27,32H,16-17H2,1H3,(H,33,35)/t27-/m1/s1. The third kappa shape index (κ3) is 6.88. The molecule has 1 heterocycles. The molecule has 0 fully saturated rings. The monoisotopic (exact) mass is 574 g/mol. The molecule has 0 aromatic heterocycles. The van der Waals surface area contributed by atoms with Gasteiger partial charge in [-0.2, -0.15) is 5.26 Å². The molecule has 3 aromatic carbocycles. The number of benzene rings is 3. The zero-order valence-electron chi connectivity index (χ0n) is 21.2. The van der Waals surface area contributed by atoms with Gasteiger partial charge in [0, 0.05) is 28.5 Å². The molecule has 11 heteroatoms. The number of ether oxygens (including phenoxy) is 1. The van der Waals surface area contributed by atoms with Crippen LogP contribution in [-0.4, -0.2) is 22.6 Å². The van der Waals surface area contributed by atoms with Crippen molar-refractivity contribution in [1.29, 1.82) is 5.26 Å². The summed E-state index contributed by atoms with van der Waals surface area (Å²) in [6.07, 6.45) is 0. The number of dihydropyridines is 1. The molecule has 1 atom stereocenters. The number of nitriles is 1. The van der Waals surface area contributed by atoms with Crippen molar-refractivity contribution in [3.05, 3.63) is 127 Å². The first-order valence-corrected chi connectivity index (χ1v) is 13.4. The largest absolute Gasteiger partial charge is 0.457 e. The molecule has 0 aliphatic carbocycles. The van der Waals surface area contributed by atoms with Crippen molar-refractivity contribution in [3.63, 3.8) is 0 Å². The average Bonchev–Trinajstić information content (AvgIpc) is 2.95. The van der Waals surface area contributed by atoms with Gasteiger partial charge in [-0.3, -0.25) is 14.9 Å². The second kappa shape index (κ2) is 13.0. The smallest absolute Gasteiger partial charge is 0.337 e. The Bertz CT molecular complexity index is 1530. The number of hydrogen-bond acceptors (Lipinski definition) is 8. The third-order valence-corrected chi connectivity index (χ3v) is 7.26. The molecule has 0 saturated carbocycles. The predicted molar refractivity (Wildman–Crippen MR) is 153 cm³/mol. The summed E-state index contributed by atoms with van der Waals surface area (Å²) in [7, 11) is 0. The van der Waals surface area contributed by atoms with Crippen LogP contribution in [-0.2, 0) is 20.9 Å². The highest BCUT2D eigenvalue weighted by molar-refractivity contribution is 8.03. The van der Waals surface area contributed by atoms with Crippen LogP contribution in [0.1, 0.15) is 24.0 Å². The van der Waals surface area contributed by atoms with E-state index in [2.05, 4.69) is 16.7 Å². The second-order valence-corrected chi connectivity index (χ2v) is 10.1. The van der Waals surface area contributed by atoms with Crippen molar-refractivity contribution in [2.75, 3.05) is 11.1 Å². The Balaban J connectivity index is 1.56. The Kier molecular flexibility index (Phi) is 9.22. The van der Waals surface area contributed by atoms with Gasteiger partial charge in [0.25, 0.3) is 5.69 Å². The minimum Gasteiger partial charge on any atom is -0.457 e. The summed E-state index contributed by atoms with van der Waals surface area (Å²) in [6.45, 7) is 1.79. The minimum absolute atomic E-state index is 0.0566. The van der Waals surface area contributed by atoms with Crippen LogP contribution in [0, 0.1) is 21.4 Å². The van der Waals surface area contributed by atoms with Gasteiger partial charge in [-0.05, 0) is 42.3 Å². The highest BCUT2D eigenvalue weighted by Crippen LogP contribution is 2.41. The van der Waals surface area contributed by atoms with Crippen LogP contribution in [0.3, 0.4) is 0 Å². The van der Waals surface area contributed by atoms with Crippen LogP contribution in [0.15, 0.2) is 101 Å². The molecule has 4 rings (SSSR count). The molecule has 1 aliphatic heterocycles. The number of nitrogens with one attached hydrogen (secondary N) is 2. The molecule has 3 aromatic rings. The minimum atomic E-state index is -0.743. The molecule has 0 saturated heterocycles. The van der Waals surface area contributed by atoms with Gasteiger partial charge in [0.05, 0.1) is 38.8 Å². The number of amides is 1. The first kappa shape index (κ1) is 28.4. The predicted octanol–water partition coefficient (Wildman–Crippen LogP) is 6.06. The topological polar surface area (TPSA) is 134 Å². The number of halogens is 1. The maximum absolute atomic E-state index is 13.3. The van der Waals surface area contributed by atoms with E-state index < -0.39 is 16.8 Å². The molecule has 0 bridgehead atoms. The van der Waals surface area contributed by atoms with E-state index in [-0.39, 0.29) is 35.1 Å². The van der Waals surface area contributed by atoms with Crippen LogP contribution >= 0.6 is 23.4 Å². The number of esters is 1. The lowest BCUT2D eigenvalue weighted by Gasteiger charge is -2.29. The lowest BCUT2D eigenvalue weighted by Crippen LogP contribution is -2.29. The van der Waals surface area contributed by atoms with E-state index in [0.29, 0.717) is 27.0 Å². The van der Waals surface area contributed by atoms with Gasteiger partial charge < -0.3 is 15.4 Å². The molecule has 0 spiro atoms. The van der Waals surface area contributed by atoms with E-state index in [0.717, 1.165) is 17.3 Å². The van der Waals surface area contributed by atoms with Crippen LogP contribution in [0.25, 0.3) is 0 Å². The fourth-order valence-electron chi connectivity index (χ4n) is 4.09. The van der Waals surface area contributed by atoms with Crippen LogP contribution in [0.5, 0.6) is 0 Å². The number of nitro groups is 1. The van der Waals surface area contributed by atoms with Gasteiger partial charge in [0.15, 0.2) is 0 Å². The number of hydrogen-bond donors (Lipinski definition) is 2.